The van der Waals surface area contributed by atoms with Crippen LogP contribution in [0.3, 0.4) is 0 Å². The smallest absolute Gasteiger partial charge is 0 e. The van der Waals surface area contributed by atoms with Gasteiger partial charge in [0.1, 0.15) is 23.2 Å². The molecule has 0 unspecified atom stereocenters. The van der Waals surface area contributed by atoms with Gasteiger partial charge in [-0.25, -0.2) is 9.59 Å². The molecule has 7 nitrogen and oxygen atoms in total. The molecular formula is C40H26Co2O7P2. The Bertz CT molecular complexity index is 1830. The summed E-state index contributed by atoms with van der Waals surface area (Å²) in [5, 5.41) is 4.72. The van der Waals surface area contributed by atoms with Crippen molar-refractivity contribution < 1.29 is 66.5 Å². The third-order valence-corrected chi connectivity index (χ3v) is 13.4. The summed E-state index contributed by atoms with van der Waals surface area (Å²) in [5.74, 6) is 0.871. The van der Waals surface area contributed by atoms with Crippen molar-refractivity contribution in [3.63, 3.8) is 0 Å². The van der Waals surface area contributed by atoms with Gasteiger partial charge in [-0.1, -0.05) is 103 Å². The second-order valence-electron chi connectivity index (χ2n) is 9.41. The van der Waals surface area contributed by atoms with E-state index in [1.165, 1.54) is 0 Å². The molecule has 1 aliphatic heterocycles. The normalized spacial score (nSPS) is 11.2. The quantitative estimate of drug-likeness (QED) is 0.0603. The Kier molecular flexibility index (Phi) is 23.3. The predicted octanol–water partition coefficient (Wildman–Crippen LogP) is 6.29. The van der Waals surface area contributed by atoms with Gasteiger partial charge in [0.25, 0.3) is 0 Å². The minimum Gasteiger partial charge on any atom is 0 e. The molecule has 5 aromatic carbocycles. The first-order valence-corrected chi connectivity index (χ1v) is 17.3. The van der Waals surface area contributed by atoms with Crippen molar-refractivity contribution in [2.45, 2.75) is 0 Å². The van der Waals surface area contributed by atoms with Gasteiger partial charge in [0.05, 0.1) is 0 Å². The maximum atomic E-state index is 14.1. The zero-order valence-electron chi connectivity index (χ0n) is 26.4. The zero-order valence-corrected chi connectivity index (χ0v) is 30.3. The number of rotatable bonds is 8. The molecule has 256 valence electrons. The molecular weight excluding hydrogens is 772 g/mol. The largest absolute Gasteiger partial charge is 0 e. The van der Waals surface area contributed by atoms with Crippen molar-refractivity contribution >= 4 is 48.3 Å². The van der Waals surface area contributed by atoms with Crippen LogP contribution in [0.15, 0.2) is 168 Å². The number of ether oxygens (including phenoxy) is 1. The molecule has 0 saturated carbocycles. The number of carbonyl (C=O) groups is 2. The maximum Gasteiger partial charge on any atom is 0 e. The fraction of sp³-hybridized carbons (Fsp3) is 0. The molecule has 0 fully saturated rings. The van der Waals surface area contributed by atoms with Crippen LogP contribution in [0.5, 0.6) is 0 Å². The molecule has 0 aliphatic carbocycles. The van der Waals surface area contributed by atoms with Crippen molar-refractivity contribution in [1.82, 2.24) is 0 Å². The number of hydrogen-bond acceptors (Lipinski definition) is 3. The average molecular weight is 798 g/mol. The second kappa shape index (κ2) is 25.5. The standard InChI is InChI=1S/C36H26O3P2.4CO.2Co/c37-35-33(40(29-18-8-2-9-19-29)30-20-10-3-11-21-30)34(36(38)39-35)41(31-22-12-4-13-23-31,32-24-14-5-15-25-32)27-26-28-16-6-1-7-17-28;4*1-2;;/h1-25,27H;;;;;;. The van der Waals surface area contributed by atoms with Gasteiger partial charge in [-0.3, -0.25) is 0 Å². The summed E-state index contributed by atoms with van der Waals surface area (Å²) in [6.45, 7) is 18.0. The van der Waals surface area contributed by atoms with Crippen LogP contribution in [-0.2, 0) is 66.5 Å². The summed E-state index contributed by atoms with van der Waals surface area (Å²) in [5.41, 5.74) is 0.886. The van der Waals surface area contributed by atoms with E-state index in [1.807, 2.05) is 157 Å². The summed E-state index contributed by atoms with van der Waals surface area (Å²) >= 11 is 0. The summed E-state index contributed by atoms with van der Waals surface area (Å²) < 4.78 is 35.6. The van der Waals surface area contributed by atoms with E-state index in [9.17, 15) is 9.59 Å². The van der Waals surface area contributed by atoms with E-state index < -0.39 is 27.1 Å². The predicted molar refractivity (Wildman–Crippen MR) is 185 cm³/mol. The van der Waals surface area contributed by atoms with E-state index >= 15 is 0 Å². The van der Waals surface area contributed by atoms with Crippen molar-refractivity contribution in [2.75, 3.05) is 0 Å². The van der Waals surface area contributed by atoms with Crippen molar-refractivity contribution in [3.05, 3.63) is 206 Å². The molecule has 0 bridgehead atoms. The Hall–Kier alpha value is -4.45. The third kappa shape index (κ3) is 11.3. The molecule has 0 amide bonds. The van der Waals surface area contributed by atoms with Crippen LogP contribution in [0.4, 0.5) is 0 Å². The van der Waals surface area contributed by atoms with Gasteiger partial charge in [0.2, 0.25) is 5.31 Å². The second-order valence-corrected chi connectivity index (χ2v) is 14.7. The van der Waals surface area contributed by atoms with E-state index in [1.54, 1.807) is 0 Å². The first-order chi connectivity index (χ1) is 24.2. The Morgan fingerprint density at radius 2 is 0.843 bits per heavy atom. The Morgan fingerprint density at radius 1 is 0.510 bits per heavy atom. The molecule has 2 radical (unpaired) electrons. The van der Waals surface area contributed by atoms with Crippen LogP contribution in [0.2, 0.25) is 0 Å². The van der Waals surface area contributed by atoms with Crippen LogP contribution >= 0.6 is 15.2 Å². The van der Waals surface area contributed by atoms with E-state index in [-0.39, 0.29) is 33.6 Å². The fourth-order valence-electron chi connectivity index (χ4n) is 5.10. The summed E-state index contributed by atoms with van der Waals surface area (Å²) in [4.78, 5) is 27.9. The Morgan fingerprint density at radius 3 is 1.22 bits per heavy atom. The molecule has 1 heterocycles. The van der Waals surface area contributed by atoms with Gasteiger partial charge in [-0.15, -0.1) is 18.2 Å². The molecule has 0 saturated heterocycles. The van der Waals surface area contributed by atoms with Gasteiger partial charge in [0.15, 0.2) is 0 Å². The number of carbonyl (C=O) groups excluding carboxylic acids is 2. The molecule has 51 heavy (non-hydrogen) atoms. The van der Waals surface area contributed by atoms with Gasteiger partial charge >= 0.3 is 57.1 Å². The van der Waals surface area contributed by atoms with E-state index in [0.717, 1.165) is 26.8 Å². The van der Waals surface area contributed by atoms with Crippen LogP contribution in [0.1, 0.15) is 5.56 Å². The monoisotopic (exact) mass is 798 g/mol. The van der Waals surface area contributed by atoms with Gasteiger partial charge < -0.3 is 4.74 Å². The third-order valence-electron chi connectivity index (χ3n) is 6.93. The van der Waals surface area contributed by atoms with Gasteiger partial charge in [0, 0.05) is 39.4 Å². The Balaban J connectivity index is 0.00000234. The van der Waals surface area contributed by atoms with Crippen LogP contribution < -0.4 is 21.2 Å². The number of cyclic esters (lactones) is 2. The SMILES string of the molecule is O=C1OC(=O)C([P+](C=[C-]c2ccccc2)(c2ccccc2)c2ccccc2)=C1P(c1ccccc1)c1ccccc1.[C-]#[O+].[C-]#[O+].[C-]#[O+].[C-]#[O+].[Co].[Co]. The summed E-state index contributed by atoms with van der Waals surface area (Å²) in [7, 11) is -4.30. The number of esters is 2. The molecule has 0 aromatic heterocycles. The molecule has 5 aromatic rings. The molecule has 0 N–H and O–H groups in total. The summed E-state index contributed by atoms with van der Waals surface area (Å²) in [6.07, 6.45) is 3.51. The van der Waals surface area contributed by atoms with Crippen molar-refractivity contribution in [3.8, 4) is 0 Å². The minimum atomic E-state index is -2.89. The maximum absolute atomic E-state index is 14.1. The molecule has 0 atom stereocenters. The average Bonchev–Trinajstić information content (AvgIpc) is 3.50. The first-order valence-electron chi connectivity index (χ1n) is 14.1. The van der Waals surface area contributed by atoms with Crippen LogP contribution in [-0.4, -0.2) is 11.9 Å². The topological polar surface area (TPSA) is 123 Å². The summed E-state index contributed by atoms with van der Waals surface area (Å²) in [6, 6.07) is 49.7. The van der Waals surface area contributed by atoms with E-state index in [4.69, 9.17) is 23.3 Å². The van der Waals surface area contributed by atoms with E-state index in [2.05, 4.69) is 32.7 Å². The zero-order chi connectivity index (χ0) is 36.1. The first kappa shape index (κ1) is 46.6. The minimum absolute atomic E-state index is 0. The molecule has 6 rings (SSSR count). The Labute approximate surface area is 319 Å². The number of hydrogen-bond donors (Lipinski definition) is 0. The molecule has 0 spiro atoms. The van der Waals surface area contributed by atoms with E-state index in [0.29, 0.717) is 10.6 Å². The molecule has 1 aliphatic rings. The van der Waals surface area contributed by atoms with Gasteiger partial charge in [-0.2, -0.15) is 17.7 Å². The van der Waals surface area contributed by atoms with Crippen LogP contribution in [0, 0.1) is 32.7 Å². The van der Waals surface area contributed by atoms with Gasteiger partial charge in [-0.05, 0) is 42.8 Å². The molecule has 11 heteroatoms. The fourth-order valence-corrected chi connectivity index (χ4v) is 11.8. The van der Waals surface area contributed by atoms with Crippen molar-refractivity contribution in [1.29, 1.82) is 0 Å². The van der Waals surface area contributed by atoms with Crippen molar-refractivity contribution in [2.24, 2.45) is 0 Å². The van der Waals surface area contributed by atoms with Crippen LogP contribution in [0.25, 0.3) is 0 Å². The number of benzene rings is 5.